The minimum atomic E-state index is 0.563. The largest absolute Gasteiger partial charge is 0.497 e. The lowest BCUT2D eigenvalue weighted by molar-refractivity contribution is 0.216. The third kappa shape index (κ3) is 2.85. The molecule has 1 aromatic rings. The van der Waals surface area contributed by atoms with Gasteiger partial charge in [0.2, 0.25) is 0 Å². The van der Waals surface area contributed by atoms with Crippen LogP contribution in [0, 0.1) is 0 Å². The summed E-state index contributed by atoms with van der Waals surface area (Å²) in [4.78, 5) is 2.48. The Kier molecular flexibility index (Phi) is 4.61. The second-order valence-corrected chi connectivity index (χ2v) is 5.06. The minimum absolute atomic E-state index is 0.563. The predicted octanol–water partition coefficient (Wildman–Crippen LogP) is 2.22. The van der Waals surface area contributed by atoms with Gasteiger partial charge in [-0.25, -0.2) is 0 Å². The summed E-state index contributed by atoms with van der Waals surface area (Å²) in [5, 5.41) is 3.23. The zero-order valence-corrected chi connectivity index (χ0v) is 11.7. The molecule has 0 bridgehead atoms. The molecule has 0 saturated heterocycles. The van der Waals surface area contributed by atoms with Crippen molar-refractivity contribution in [2.75, 3.05) is 34.3 Å². The maximum absolute atomic E-state index is 5.32. The van der Waals surface area contributed by atoms with Crippen LogP contribution in [0.25, 0.3) is 0 Å². The first-order valence-corrected chi connectivity index (χ1v) is 6.78. The standard InChI is InChI=1S/C15H24N2O/c1-16-9-4-5-15-14-7-6-13(18-3)11-12(14)8-10-17(15)2/h6-7,11,15-16H,4-5,8-10H2,1-3H3. The number of hydrogen-bond acceptors (Lipinski definition) is 3. The molecule has 3 heteroatoms. The Morgan fingerprint density at radius 2 is 2.28 bits per heavy atom. The first-order chi connectivity index (χ1) is 8.76. The predicted molar refractivity (Wildman–Crippen MR) is 75.2 cm³/mol. The molecule has 2 rings (SSSR count). The number of nitrogens with zero attached hydrogens (tertiary/aromatic N) is 1. The molecule has 0 saturated carbocycles. The summed E-state index contributed by atoms with van der Waals surface area (Å²) in [6.07, 6.45) is 3.57. The molecule has 0 amide bonds. The van der Waals surface area contributed by atoms with E-state index >= 15 is 0 Å². The lowest BCUT2D eigenvalue weighted by Gasteiger charge is -2.35. The van der Waals surface area contributed by atoms with E-state index in [0.29, 0.717) is 6.04 Å². The molecule has 0 aromatic heterocycles. The smallest absolute Gasteiger partial charge is 0.119 e. The van der Waals surface area contributed by atoms with Gasteiger partial charge in [-0.15, -0.1) is 0 Å². The number of fused-ring (bicyclic) bond motifs is 1. The van der Waals surface area contributed by atoms with E-state index in [4.69, 9.17) is 4.74 Å². The van der Waals surface area contributed by atoms with Gasteiger partial charge < -0.3 is 10.1 Å². The van der Waals surface area contributed by atoms with Gasteiger partial charge >= 0.3 is 0 Å². The summed E-state index contributed by atoms with van der Waals surface area (Å²) in [5.74, 6) is 0.979. The highest BCUT2D eigenvalue weighted by molar-refractivity contribution is 5.39. The quantitative estimate of drug-likeness (QED) is 0.809. The van der Waals surface area contributed by atoms with Crippen LogP contribution in [0.3, 0.4) is 0 Å². The molecular formula is C15H24N2O. The third-order valence-electron chi connectivity index (χ3n) is 3.88. The van der Waals surface area contributed by atoms with Crippen LogP contribution in [0.2, 0.25) is 0 Å². The number of ether oxygens (including phenoxy) is 1. The number of benzene rings is 1. The van der Waals surface area contributed by atoms with E-state index in [1.165, 1.54) is 24.0 Å². The van der Waals surface area contributed by atoms with Gasteiger partial charge in [0.1, 0.15) is 5.75 Å². The molecule has 0 spiro atoms. The van der Waals surface area contributed by atoms with Gasteiger partial charge in [0.25, 0.3) is 0 Å². The van der Waals surface area contributed by atoms with Crippen LogP contribution in [-0.4, -0.2) is 39.2 Å². The molecule has 1 aliphatic heterocycles. The van der Waals surface area contributed by atoms with Crippen LogP contribution < -0.4 is 10.1 Å². The van der Waals surface area contributed by atoms with Gasteiger partial charge in [-0.3, -0.25) is 4.90 Å². The van der Waals surface area contributed by atoms with Crippen LogP contribution in [0.15, 0.2) is 18.2 Å². The Balaban J connectivity index is 2.16. The van der Waals surface area contributed by atoms with E-state index in [2.05, 4.69) is 35.5 Å². The topological polar surface area (TPSA) is 24.5 Å². The summed E-state index contributed by atoms with van der Waals surface area (Å²) < 4.78 is 5.32. The lowest BCUT2D eigenvalue weighted by Crippen LogP contribution is -2.32. The maximum atomic E-state index is 5.32. The fraction of sp³-hybridized carbons (Fsp3) is 0.600. The molecule has 0 fully saturated rings. The third-order valence-corrected chi connectivity index (χ3v) is 3.88. The van der Waals surface area contributed by atoms with E-state index < -0.39 is 0 Å². The number of nitrogens with one attached hydrogen (secondary N) is 1. The Morgan fingerprint density at radius 3 is 3.00 bits per heavy atom. The molecule has 100 valence electrons. The molecule has 18 heavy (non-hydrogen) atoms. The van der Waals surface area contributed by atoms with Gasteiger partial charge in [0.05, 0.1) is 7.11 Å². The first kappa shape index (κ1) is 13.4. The van der Waals surface area contributed by atoms with Gasteiger partial charge in [0, 0.05) is 12.6 Å². The zero-order chi connectivity index (χ0) is 13.0. The average Bonchev–Trinajstić information content (AvgIpc) is 2.41. The van der Waals surface area contributed by atoms with Crippen molar-refractivity contribution in [3.8, 4) is 5.75 Å². The fourth-order valence-electron chi connectivity index (χ4n) is 2.79. The van der Waals surface area contributed by atoms with E-state index in [1.54, 1.807) is 7.11 Å². The molecule has 1 N–H and O–H groups in total. The zero-order valence-electron chi connectivity index (χ0n) is 11.7. The SMILES string of the molecule is CNCCCC1c2ccc(OC)cc2CCN1C. The van der Waals surface area contributed by atoms with E-state index in [0.717, 1.165) is 25.3 Å². The van der Waals surface area contributed by atoms with Crippen molar-refractivity contribution in [2.45, 2.75) is 25.3 Å². The van der Waals surface area contributed by atoms with Crippen molar-refractivity contribution >= 4 is 0 Å². The van der Waals surface area contributed by atoms with Gasteiger partial charge in [0.15, 0.2) is 0 Å². The van der Waals surface area contributed by atoms with Crippen LogP contribution in [0.5, 0.6) is 5.75 Å². The van der Waals surface area contributed by atoms with Crippen molar-refractivity contribution in [3.63, 3.8) is 0 Å². The summed E-state index contributed by atoms with van der Waals surface area (Å²) in [6, 6.07) is 7.10. The summed E-state index contributed by atoms with van der Waals surface area (Å²) in [5.41, 5.74) is 2.95. The lowest BCUT2D eigenvalue weighted by atomic mass is 9.90. The van der Waals surface area contributed by atoms with E-state index in [-0.39, 0.29) is 0 Å². The Hall–Kier alpha value is -1.06. The van der Waals surface area contributed by atoms with Crippen LogP contribution in [-0.2, 0) is 6.42 Å². The van der Waals surface area contributed by atoms with Gasteiger partial charge in [-0.05, 0) is 63.2 Å². The van der Waals surface area contributed by atoms with Crippen molar-refractivity contribution < 1.29 is 4.74 Å². The van der Waals surface area contributed by atoms with Crippen molar-refractivity contribution in [2.24, 2.45) is 0 Å². The molecule has 0 radical (unpaired) electrons. The Labute approximate surface area is 110 Å². The highest BCUT2D eigenvalue weighted by Crippen LogP contribution is 2.33. The number of methoxy groups -OCH3 is 1. The van der Waals surface area contributed by atoms with Gasteiger partial charge in [-0.2, -0.15) is 0 Å². The van der Waals surface area contributed by atoms with Crippen LogP contribution in [0.4, 0.5) is 0 Å². The van der Waals surface area contributed by atoms with Crippen molar-refractivity contribution in [3.05, 3.63) is 29.3 Å². The second kappa shape index (κ2) is 6.21. The maximum Gasteiger partial charge on any atom is 0.119 e. The minimum Gasteiger partial charge on any atom is -0.497 e. The number of hydrogen-bond donors (Lipinski definition) is 1. The van der Waals surface area contributed by atoms with Crippen molar-refractivity contribution in [1.29, 1.82) is 0 Å². The molecule has 1 heterocycles. The van der Waals surface area contributed by atoms with E-state index in [9.17, 15) is 0 Å². The van der Waals surface area contributed by atoms with Crippen LogP contribution >= 0.6 is 0 Å². The molecule has 1 unspecified atom stereocenters. The van der Waals surface area contributed by atoms with Crippen molar-refractivity contribution in [1.82, 2.24) is 10.2 Å². The first-order valence-electron chi connectivity index (χ1n) is 6.78. The highest BCUT2D eigenvalue weighted by Gasteiger charge is 2.24. The normalized spacial score (nSPS) is 19.6. The number of rotatable bonds is 5. The van der Waals surface area contributed by atoms with E-state index in [1.807, 2.05) is 7.05 Å². The molecule has 1 aliphatic rings. The monoisotopic (exact) mass is 248 g/mol. The highest BCUT2D eigenvalue weighted by atomic mass is 16.5. The number of likely N-dealkylation sites (N-methyl/N-ethyl adjacent to an activating group) is 1. The Bertz CT molecular complexity index is 392. The second-order valence-electron chi connectivity index (χ2n) is 5.06. The summed E-state index contributed by atoms with van der Waals surface area (Å²) >= 11 is 0. The van der Waals surface area contributed by atoms with Crippen LogP contribution in [0.1, 0.15) is 30.0 Å². The molecular weight excluding hydrogens is 224 g/mol. The molecule has 0 aliphatic carbocycles. The molecule has 1 atom stereocenters. The fourth-order valence-corrected chi connectivity index (χ4v) is 2.79. The molecule has 3 nitrogen and oxygen atoms in total. The average molecular weight is 248 g/mol. The summed E-state index contributed by atoms with van der Waals surface area (Å²) in [7, 11) is 5.99. The Morgan fingerprint density at radius 1 is 1.44 bits per heavy atom. The molecule has 1 aromatic carbocycles. The van der Waals surface area contributed by atoms with Gasteiger partial charge in [-0.1, -0.05) is 6.07 Å². The summed E-state index contributed by atoms with van der Waals surface area (Å²) in [6.45, 7) is 2.24.